The summed E-state index contributed by atoms with van der Waals surface area (Å²) < 4.78 is 5.29. The Morgan fingerprint density at radius 1 is 1.45 bits per heavy atom. The van der Waals surface area contributed by atoms with Gasteiger partial charge in [-0.3, -0.25) is 9.89 Å². The summed E-state index contributed by atoms with van der Waals surface area (Å²) in [5.41, 5.74) is 2.88. The number of carbonyl (C=O) groups is 1. The number of nitrogens with one attached hydrogen (secondary N) is 1. The van der Waals surface area contributed by atoms with E-state index in [-0.39, 0.29) is 5.91 Å². The van der Waals surface area contributed by atoms with Crippen LogP contribution in [0.1, 0.15) is 60.1 Å². The van der Waals surface area contributed by atoms with Crippen molar-refractivity contribution in [1.29, 1.82) is 0 Å². The highest BCUT2D eigenvalue weighted by molar-refractivity contribution is 5.93. The molecule has 6 nitrogen and oxygen atoms in total. The molecular weight excluding hydrogens is 280 g/mol. The molecule has 0 aliphatic carbocycles. The molecule has 1 aliphatic rings. The molecule has 0 bridgehead atoms. The lowest BCUT2D eigenvalue weighted by Crippen LogP contribution is -2.39. The molecule has 0 radical (unpaired) electrons. The minimum Gasteiger partial charge on any atom is -0.448 e. The van der Waals surface area contributed by atoms with Gasteiger partial charge in [-0.1, -0.05) is 13.8 Å². The summed E-state index contributed by atoms with van der Waals surface area (Å²) in [6.45, 7) is 5.59. The standard InChI is InChI=1S/C16H22N4O2/c1-3-11-8-18-19-14(11)12-6-5-7-20(9-12)16(21)15-13(4-2)22-10-17-15/h8,10,12H,3-7,9H2,1-2H3,(H,18,19)/t12-/m0/s1. The van der Waals surface area contributed by atoms with Crippen molar-refractivity contribution >= 4 is 5.91 Å². The highest BCUT2D eigenvalue weighted by Crippen LogP contribution is 2.29. The summed E-state index contributed by atoms with van der Waals surface area (Å²) in [5, 5.41) is 7.28. The average molecular weight is 302 g/mol. The molecule has 1 fully saturated rings. The third kappa shape index (κ3) is 2.65. The zero-order chi connectivity index (χ0) is 15.5. The summed E-state index contributed by atoms with van der Waals surface area (Å²) in [6.07, 6.45) is 6.97. The van der Waals surface area contributed by atoms with Gasteiger partial charge in [0, 0.05) is 31.1 Å². The van der Waals surface area contributed by atoms with Gasteiger partial charge >= 0.3 is 0 Å². The summed E-state index contributed by atoms with van der Waals surface area (Å²) in [5.74, 6) is 0.975. The van der Waals surface area contributed by atoms with Crippen LogP contribution in [0.3, 0.4) is 0 Å². The molecule has 6 heteroatoms. The van der Waals surface area contributed by atoms with E-state index in [1.54, 1.807) is 0 Å². The van der Waals surface area contributed by atoms with E-state index in [0.717, 1.165) is 25.8 Å². The van der Waals surface area contributed by atoms with Crippen molar-refractivity contribution in [1.82, 2.24) is 20.1 Å². The van der Waals surface area contributed by atoms with Gasteiger partial charge < -0.3 is 9.32 Å². The Kier molecular flexibility index (Phi) is 4.27. The van der Waals surface area contributed by atoms with Crippen LogP contribution in [0.5, 0.6) is 0 Å². The van der Waals surface area contributed by atoms with E-state index in [2.05, 4.69) is 22.1 Å². The van der Waals surface area contributed by atoms with Crippen molar-refractivity contribution in [2.24, 2.45) is 0 Å². The molecule has 118 valence electrons. The second-order valence-corrected chi connectivity index (χ2v) is 5.73. The molecule has 2 aromatic heterocycles. The van der Waals surface area contributed by atoms with Crippen molar-refractivity contribution < 1.29 is 9.21 Å². The SMILES string of the molecule is CCc1cn[nH]c1[C@H]1CCCN(C(=O)c2ncoc2CC)C1. The number of hydrogen-bond acceptors (Lipinski definition) is 4. The summed E-state index contributed by atoms with van der Waals surface area (Å²) >= 11 is 0. The van der Waals surface area contributed by atoms with Gasteiger partial charge in [-0.05, 0) is 24.8 Å². The van der Waals surface area contributed by atoms with Crippen LogP contribution in [-0.4, -0.2) is 39.1 Å². The summed E-state index contributed by atoms with van der Waals surface area (Å²) in [6, 6.07) is 0. The third-order valence-corrected chi connectivity index (χ3v) is 4.41. The number of aromatic amines is 1. The van der Waals surface area contributed by atoms with Crippen molar-refractivity contribution in [3.05, 3.63) is 35.3 Å². The Labute approximate surface area is 129 Å². The number of amides is 1. The molecule has 0 saturated carbocycles. The van der Waals surface area contributed by atoms with E-state index < -0.39 is 0 Å². The van der Waals surface area contributed by atoms with Gasteiger partial charge in [0.05, 0.1) is 6.20 Å². The second-order valence-electron chi connectivity index (χ2n) is 5.73. The van der Waals surface area contributed by atoms with Gasteiger partial charge in [-0.2, -0.15) is 5.10 Å². The van der Waals surface area contributed by atoms with E-state index in [1.807, 2.05) is 18.0 Å². The zero-order valence-electron chi connectivity index (χ0n) is 13.1. The minimum absolute atomic E-state index is 0.0205. The van der Waals surface area contributed by atoms with E-state index >= 15 is 0 Å². The number of hydrogen-bond donors (Lipinski definition) is 1. The zero-order valence-corrected chi connectivity index (χ0v) is 13.1. The lowest BCUT2D eigenvalue weighted by molar-refractivity contribution is 0.0698. The van der Waals surface area contributed by atoms with Gasteiger partial charge in [-0.25, -0.2) is 4.98 Å². The van der Waals surface area contributed by atoms with Crippen LogP contribution in [0.2, 0.25) is 0 Å². The maximum absolute atomic E-state index is 12.7. The molecule has 0 unspecified atom stereocenters. The third-order valence-electron chi connectivity index (χ3n) is 4.41. The van der Waals surface area contributed by atoms with Crippen LogP contribution in [0.15, 0.2) is 17.0 Å². The quantitative estimate of drug-likeness (QED) is 0.941. The minimum atomic E-state index is -0.0205. The van der Waals surface area contributed by atoms with E-state index in [4.69, 9.17) is 4.42 Å². The number of carbonyl (C=O) groups excluding carboxylic acids is 1. The monoisotopic (exact) mass is 302 g/mol. The van der Waals surface area contributed by atoms with Crippen LogP contribution in [-0.2, 0) is 12.8 Å². The molecule has 3 heterocycles. The van der Waals surface area contributed by atoms with Crippen molar-refractivity contribution in [3.8, 4) is 0 Å². The number of aryl methyl sites for hydroxylation is 2. The maximum atomic E-state index is 12.7. The first-order valence-corrected chi connectivity index (χ1v) is 7.98. The number of H-pyrrole nitrogens is 1. The lowest BCUT2D eigenvalue weighted by atomic mass is 9.92. The number of likely N-dealkylation sites (tertiary alicyclic amines) is 1. The van der Waals surface area contributed by atoms with Crippen LogP contribution in [0.25, 0.3) is 0 Å². The first-order valence-electron chi connectivity index (χ1n) is 7.98. The Bertz CT molecular complexity index is 646. The largest absolute Gasteiger partial charge is 0.448 e. The predicted molar refractivity (Wildman–Crippen MR) is 81.7 cm³/mol. The molecule has 1 N–H and O–H groups in total. The molecule has 2 aromatic rings. The average Bonchev–Trinajstić information content (AvgIpc) is 3.22. The van der Waals surface area contributed by atoms with Crippen LogP contribution >= 0.6 is 0 Å². The fourth-order valence-corrected chi connectivity index (χ4v) is 3.20. The first-order chi connectivity index (χ1) is 10.7. The topological polar surface area (TPSA) is 75.0 Å². The van der Waals surface area contributed by atoms with Gasteiger partial charge in [0.2, 0.25) is 0 Å². The molecule has 22 heavy (non-hydrogen) atoms. The van der Waals surface area contributed by atoms with Gasteiger partial charge in [0.1, 0.15) is 5.76 Å². The molecule has 1 amide bonds. The van der Waals surface area contributed by atoms with Crippen LogP contribution in [0, 0.1) is 0 Å². The van der Waals surface area contributed by atoms with Gasteiger partial charge in [0.25, 0.3) is 5.91 Å². The Morgan fingerprint density at radius 2 is 2.32 bits per heavy atom. The molecule has 1 atom stereocenters. The first kappa shape index (κ1) is 14.8. The fourth-order valence-electron chi connectivity index (χ4n) is 3.20. The number of rotatable bonds is 4. The van der Waals surface area contributed by atoms with Crippen molar-refractivity contribution in [2.75, 3.05) is 13.1 Å². The molecule has 0 spiro atoms. The number of nitrogens with zero attached hydrogens (tertiary/aromatic N) is 3. The normalized spacial score (nSPS) is 18.6. The molecular formula is C16H22N4O2. The molecule has 1 aliphatic heterocycles. The number of oxazole rings is 1. The van der Waals surface area contributed by atoms with Gasteiger partial charge in [-0.15, -0.1) is 0 Å². The van der Waals surface area contributed by atoms with Gasteiger partial charge in [0.15, 0.2) is 12.1 Å². The molecule has 1 saturated heterocycles. The Hall–Kier alpha value is -2.11. The van der Waals surface area contributed by atoms with E-state index in [0.29, 0.717) is 30.3 Å². The Balaban J connectivity index is 1.77. The number of aromatic nitrogens is 3. The summed E-state index contributed by atoms with van der Waals surface area (Å²) in [7, 11) is 0. The highest BCUT2D eigenvalue weighted by Gasteiger charge is 2.29. The van der Waals surface area contributed by atoms with E-state index in [9.17, 15) is 4.79 Å². The Morgan fingerprint density at radius 3 is 3.09 bits per heavy atom. The lowest BCUT2D eigenvalue weighted by Gasteiger charge is -2.32. The van der Waals surface area contributed by atoms with Crippen LogP contribution in [0.4, 0.5) is 0 Å². The maximum Gasteiger partial charge on any atom is 0.276 e. The highest BCUT2D eigenvalue weighted by atomic mass is 16.3. The molecule has 0 aromatic carbocycles. The van der Waals surface area contributed by atoms with Crippen LogP contribution < -0.4 is 0 Å². The fraction of sp³-hybridized carbons (Fsp3) is 0.562. The summed E-state index contributed by atoms with van der Waals surface area (Å²) in [4.78, 5) is 18.7. The van der Waals surface area contributed by atoms with E-state index in [1.165, 1.54) is 17.7 Å². The second kappa shape index (κ2) is 6.34. The smallest absolute Gasteiger partial charge is 0.276 e. The number of piperidine rings is 1. The predicted octanol–water partition coefficient (Wildman–Crippen LogP) is 2.54. The molecule has 3 rings (SSSR count). The van der Waals surface area contributed by atoms with Crippen molar-refractivity contribution in [2.45, 2.75) is 45.4 Å². The van der Waals surface area contributed by atoms with Crippen molar-refractivity contribution in [3.63, 3.8) is 0 Å².